The average Bonchev–Trinajstić information content (AvgIpc) is 2.43. The van der Waals surface area contributed by atoms with Crippen LogP contribution in [0.15, 0.2) is 34.8 Å². The van der Waals surface area contributed by atoms with Crippen LogP contribution in [0.25, 0.3) is 0 Å². The van der Waals surface area contributed by atoms with Crippen molar-refractivity contribution in [2.45, 2.75) is 6.04 Å². The maximum absolute atomic E-state index is 14.1. The number of methoxy groups -OCH3 is 1. The summed E-state index contributed by atoms with van der Waals surface area (Å²) in [5.74, 6) is 0.245. The van der Waals surface area contributed by atoms with Gasteiger partial charge in [0.15, 0.2) is 0 Å². The molecule has 112 valence electrons. The Kier molecular flexibility index (Phi) is 5.49. The molecule has 21 heavy (non-hydrogen) atoms. The van der Waals surface area contributed by atoms with E-state index in [0.717, 1.165) is 5.56 Å². The summed E-state index contributed by atoms with van der Waals surface area (Å²) in [6, 6.07) is 7.48. The first kappa shape index (κ1) is 16.6. The molecule has 6 heteroatoms. The molecule has 0 heterocycles. The van der Waals surface area contributed by atoms with Gasteiger partial charge < -0.3 is 10.1 Å². The highest BCUT2D eigenvalue weighted by Gasteiger charge is 2.22. The fourth-order valence-corrected chi connectivity index (χ4v) is 3.40. The van der Waals surface area contributed by atoms with Crippen LogP contribution in [-0.4, -0.2) is 14.2 Å². The van der Waals surface area contributed by atoms with Crippen molar-refractivity contribution in [2.75, 3.05) is 14.2 Å². The predicted molar refractivity (Wildman–Crippen MR) is 88.0 cm³/mol. The second-order valence-electron chi connectivity index (χ2n) is 4.40. The normalized spacial score (nSPS) is 12.3. The van der Waals surface area contributed by atoms with Crippen LogP contribution in [0.4, 0.5) is 4.39 Å². The fraction of sp³-hybridized carbons (Fsp3) is 0.200. The summed E-state index contributed by atoms with van der Waals surface area (Å²) >= 11 is 15.5. The second-order valence-corrected chi connectivity index (χ2v) is 6.12. The van der Waals surface area contributed by atoms with Crippen molar-refractivity contribution in [3.05, 3.63) is 61.8 Å². The Morgan fingerprint density at radius 3 is 2.43 bits per heavy atom. The van der Waals surface area contributed by atoms with E-state index in [2.05, 4.69) is 21.2 Å². The molecule has 0 aliphatic rings. The van der Waals surface area contributed by atoms with Crippen LogP contribution >= 0.6 is 39.1 Å². The molecule has 2 rings (SSSR count). The average molecular weight is 393 g/mol. The van der Waals surface area contributed by atoms with Crippen molar-refractivity contribution < 1.29 is 9.13 Å². The predicted octanol–water partition coefficient (Wildman–Crippen LogP) is 5.21. The molecule has 0 spiro atoms. The van der Waals surface area contributed by atoms with Gasteiger partial charge in [-0.05, 0) is 53.3 Å². The smallest absolute Gasteiger partial charge is 0.138 e. The molecule has 2 aromatic rings. The zero-order chi connectivity index (χ0) is 15.6. The van der Waals surface area contributed by atoms with Gasteiger partial charge in [-0.25, -0.2) is 4.39 Å². The third-order valence-electron chi connectivity index (χ3n) is 3.11. The Labute approximate surface area is 141 Å². The van der Waals surface area contributed by atoms with E-state index in [1.54, 1.807) is 32.4 Å². The Hall–Kier alpha value is -0.810. The van der Waals surface area contributed by atoms with Crippen molar-refractivity contribution in [1.29, 1.82) is 0 Å². The third-order valence-corrected chi connectivity index (χ3v) is 4.15. The van der Waals surface area contributed by atoms with Crippen molar-refractivity contribution >= 4 is 39.1 Å². The van der Waals surface area contributed by atoms with Crippen LogP contribution in [0.2, 0.25) is 10.0 Å². The molecular weight excluding hydrogens is 380 g/mol. The Morgan fingerprint density at radius 2 is 1.81 bits per heavy atom. The van der Waals surface area contributed by atoms with Gasteiger partial charge in [0.1, 0.15) is 11.6 Å². The molecule has 0 aliphatic carbocycles. The third kappa shape index (κ3) is 3.51. The van der Waals surface area contributed by atoms with Gasteiger partial charge in [0.05, 0.1) is 17.6 Å². The SMILES string of the molecule is CNC(c1cc(Cl)ccc1F)c1cc(Cl)cc(Br)c1OC. The topological polar surface area (TPSA) is 21.3 Å². The van der Waals surface area contributed by atoms with Crippen LogP contribution < -0.4 is 10.1 Å². The van der Waals surface area contributed by atoms with Gasteiger partial charge >= 0.3 is 0 Å². The van der Waals surface area contributed by atoms with Gasteiger partial charge in [-0.2, -0.15) is 0 Å². The summed E-state index contributed by atoms with van der Waals surface area (Å²) in [6.07, 6.45) is 0. The van der Waals surface area contributed by atoms with Gasteiger partial charge in [0.25, 0.3) is 0 Å². The zero-order valence-corrected chi connectivity index (χ0v) is 14.5. The molecule has 0 amide bonds. The summed E-state index contributed by atoms with van der Waals surface area (Å²) < 4.78 is 20.3. The second kappa shape index (κ2) is 6.97. The summed E-state index contributed by atoms with van der Waals surface area (Å²) in [5.41, 5.74) is 1.15. The Bertz CT molecular complexity index is 666. The zero-order valence-electron chi connectivity index (χ0n) is 11.4. The van der Waals surface area contributed by atoms with Gasteiger partial charge in [-0.3, -0.25) is 0 Å². The van der Waals surface area contributed by atoms with Crippen LogP contribution in [0.3, 0.4) is 0 Å². The largest absolute Gasteiger partial charge is 0.495 e. The minimum Gasteiger partial charge on any atom is -0.495 e. The van der Waals surface area contributed by atoms with E-state index in [0.29, 0.717) is 25.8 Å². The van der Waals surface area contributed by atoms with E-state index in [1.807, 2.05) is 0 Å². The maximum Gasteiger partial charge on any atom is 0.138 e. The molecule has 1 unspecified atom stereocenters. The summed E-state index contributed by atoms with van der Waals surface area (Å²) in [4.78, 5) is 0. The molecule has 1 atom stereocenters. The highest BCUT2D eigenvalue weighted by molar-refractivity contribution is 9.10. The summed E-state index contributed by atoms with van der Waals surface area (Å²) in [7, 11) is 3.29. The van der Waals surface area contributed by atoms with Gasteiger partial charge in [0.2, 0.25) is 0 Å². The monoisotopic (exact) mass is 391 g/mol. The van der Waals surface area contributed by atoms with E-state index in [9.17, 15) is 4.39 Å². The highest BCUT2D eigenvalue weighted by Crippen LogP contribution is 2.39. The minimum absolute atomic E-state index is 0.350. The first-order valence-corrected chi connectivity index (χ1v) is 7.68. The number of nitrogens with one attached hydrogen (secondary N) is 1. The first-order chi connectivity index (χ1) is 9.97. The number of benzene rings is 2. The van der Waals surface area contributed by atoms with Crippen LogP contribution in [0.1, 0.15) is 17.2 Å². The maximum atomic E-state index is 14.1. The van der Waals surface area contributed by atoms with Crippen molar-refractivity contribution in [2.24, 2.45) is 0 Å². The minimum atomic E-state index is -0.436. The van der Waals surface area contributed by atoms with Crippen LogP contribution in [0, 0.1) is 5.82 Å². The lowest BCUT2D eigenvalue weighted by atomic mass is 9.97. The van der Waals surface area contributed by atoms with Crippen molar-refractivity contribution in [1.82, 2.24) is 5.32 Å². The summed E-state index contributed by atoms with van der Waals surface area (Å²) in [6.45, 7) is 0. The molecule has 2 nitrogen and oxygen atoms in total. The van der Waals surface area contributed by atoms with E-state index in [-0.39, 0.29) is 5.82 Å². The number of halogens is 4. The fourth-order valence-electron chi connectivity index (χ4n) is 2.22. The molecule has 0 aromatic heterocycles. The molecule has 1 N–H and O–H groups in total. The van der Waals surface area contributed by atoms with Crippen LogP contribution in [0.5, 0.6) is 5.75 Å². The Morgan fingerprint density at radius 1 is 1.14 bits per heavy atom. The molecule has 0 saturated carbocycles. The molecule has 0 saturated heterocycles. The van der Waals surface area contributed by atoms with Crippen molar-refractivity contribution in [3.8, 4) is 5.75 Å². The Balaban J connectivity index is 2.64. The van der Waals surface area contributed by atoms with E-state index in [4.69, 9.17) is 27.9 Å². The number of hydrogen-bond donors (Lipinski definition) is 1. The number of rotatable bonds is 4. The van der Waals surface area contributed by atoms with Gasteiger partial charge in [-0.1, -0.05) is 23.2 Å². The molecule has 2 aromatic carbocycles. The van der Waals surface area contributed by atoms with Crippen molar-refractivity contribution in [3.63, 3.8) is 0 Å². The number of ether oxygens (including phenoxy) is 1. The first-order valence-electron chi connectivity index (χ1n) is 6.13. The standard InChI is InChI=1S/C15H13BrCl2FNO/c1-20-14(10-5-8(17)3-4-13(10)19)11-6-9(18)7-12(16)15(11)21-2/h3-7,14,20H,1-2H3. The highest BCUT2D eigenvalue weighted by atomic mass is 79.9. The van der Waals surface area contributed by atoms with E-state index < -0.39 is 6.04 Å². The molecule has 0 aliphatic heterocycles. The summed E-state index contributed by atoms with van der Waals surface area (Å²) in [5, 5.41) is 4.07. The number of hydrogen-bond acceptors (Lipinski definition) is 2. The molecule has 0 bridgehead atoms. The molecule has 0 radical (unpaired) electrons. The lowest BCUT2D eigenvalue weighted by Crippen LogP contribution is -2.20. The lowest BCUT2D eigenvalue weighted by Gasteiger charge is -2.21. The molecule has 0 fully saturated rings. The van der Waals surface area contributed by atoms with E-state index in [1.165, 1.54) is 12.1 Å². The van der Waals surface area contributed by atoms with E-state index >= 15 is 0 Å². The molecular formula is C15H13BrCl2FNO. The van der Waals surface area contributed by atoms with Gasteiger partial charge in [-0.15, -0.1) is 0 Å². The quantitative estimate of drug-likeness (QED) is 0.770. The lowest BCUT2D eigenvalue weighted by molar-refractivity contribution is 0.402. The van der Waals surface area contributed by atoms with Crippen LogP contribution in [-0.2, 0) is 0 Å². The van der Waals surface area contributed by atoms with Gasteiger partial charge in [0, 0.05) is 21.2 Å².